The number of hydrogen-bond acceptors (Lipinski definition) is 2. The summed E-state index contributed by atoms with van der Waals surface area (Å²) in [5.74, 6) is 0. The van der Waals surface area contributed by atoms with Crippen molar-refractivity contribution in [2.24, 2.45) is 0 Å². The van der Waals surface area contributed by atoms with Gasteiger partial charge in [0.05, 0.1) is 6.61 Å². The molecule has 2 N–H and O–H groups in total. The maximum absolute atomic E-state index is 9.13. The van der Waals surface area contributed by atoms with E-state index in [1.165, 1.54) is 11.1 Å². The normalized spacial score (nSPS) is 14.9. The van der Waals surface area contributed by atoms with E-state index in [-0.39, 0.29) is 12.6 Å². The van der Waals surface area contributed by atoms with E-state index in [1.54, 1.807) is 0 Å². The van der Waals surface area contributed by atoms with Crippen molar-refractivity contribution in [2.45, 2.75) is 39.3 Å². The lowest BCUT2D eigenvalue weighted by Gasteiger charge is -2.22. The van der Waals surface area contributed by atoms with E-state index in [9.17, 15) is 0 Å². The van der Waals surface area contributed by atoms with E-state index < -0.39 is 0 Å². The monoisotopic (exact) mass is 207 g/mol. The molecule has 1 unspecified atom stereocenters. The van der Waals surface area contributed by atoms with E-state index in [1.807, 2.05) is 0 Å². The summed E-state index contributed by atoms with van der Waals surface area (Å²) in [5.41, 5.74) is 2.61. The summed E-state index contributed by atoms with van der Waals surface area (Å²) in [7, 11) is 0. The summed E-state index contributed by atoms with van der Waals surface area (Å²) in [6, 6.07) is 8.85. The molecule has 0 aliphatic heterocycles. The number of nitrogens with one attached hydrogen (secondary N) is 1. The van der Waals surface area contributed by atoms with E-state index in [0.717, 1.165) is 6.42 Å². The van der Waals surface area contributed by atoms with Crippen molar-refractivity contribution in [1.82, 2.24) is 5.32 Å². The Kier molecular flexibility index (Phi) is 4.79. The molecule has 1 aromatic carbocycles. The van der Waals surface area contributed by atoms with Crippen molar-refractivity contribution in [3.05, 3.63) is 35.4 Å². The van der Waals surface area contributed by atoms with Gasteiger partial charge in [-0.15, -0.1) is 0 Å². The Morgan fingerprint density at radius 1 is 1.33 bits per heavy atom. The molecule has 0 fully saturated rings. The van der Waals surface area contributed by atoms with Crippen molar-refractivity contribution in [3.63, 3.8) is 0 Å². The predicted molar refractivity (Wildman–Crippen MR) is 63.9 cm³/mol. The zero-order valence-corrected chi connectivity index (χ0v) is 9.83. The predicted octanol–water partition coefficient (Wildman–Crippen LogP) is 2.42. The van der Waals surface area contributed by atoms with Crippen molar-refractivity contribution >= 4 is 0 Å². The Balaban J connectivity index is 2.68. The molecule has 2 heteroatoms. The van der Waals surface area contributed by atoms with Gasteiger partial charge in [0, 0.05) is 12.1 Å². The van der Waals surface area contributed by atoms with E-state index in [2.05, 4.69) is 50.4 Å². The molecule has 1 aromatic rings. The molecule has 0 aliphatic carbocycles. The third-order valence-electron chi connectivity index (χ3n) is 2.85. The lowest BCUT2D eigenvalue weighted by molar-refractivity contribution is 0.230. The summed E-state index contributed by atoms with van der Waals surface area (Å²) < 4.78 is 0. The molecular weight excluding hydrogens is 186 g/mol. The fraction of sp³-hybridized carbons (Fsp3) is 0.538. The fourth-order valence-corrected chi connectivity index (χ4v) is 1.82. The molecule has 0 radical (unpaired) electrons. The van der Waals surface area contributed by atoms with Gasteiger partial charge in [-0.05, 0) is 31.4 Å². The highest BCUT2D eigenvalue weighted by atomic mass is 16.3. The maximum Gasteiger partial charge on any atom is 0.0584 e. The van der Waals surface area contributed by atoms with Crippen molar-refractivity contribution in [3.8, 4) is 0 Å². The van der Waals surface area contributed by atoms with Crippen LogP contribution in [0.3, 0.4) is 0 Å². The van der Waals surface area contributed by atoms with Crippen LogP contribution < -0.4 is 5.32 Å². The second kappa shape index (κ2) is 5.89. The largest absolute Gasteiger partial charge is 0.395 e. The molecule has 0 aromatic heterocycles. The standard InChI is InChI=1S/C13H21NO/c1-4-12(9-15)14-11(3)13-8-6-5-7-10(13)2/h5-8,11-12,14-15H,4,9H2,1-3H3/t11?,12-/m0/s1. The van der Waals surface area contributed by atoms with Crippen molar-refractivity contribution in [1.29, 1.82) is 0 Å². The second-order valence-electron chi connectivity index (χ2n) is 4.03. The first kappa shape index (κ1) is 12.2. The lowest BCUT2D eigenvalue weighted by Crippen LogP contribution is -2.34. The number of aliphatic hydroxyl groups excluding tert-OH is 1. The molecule has 0 heterocycles. The van der Waals surface area contributed by atoms with E-state index in [0.29, 0.717) is 6.04 Å². The fourth-order valence-electron chi connectivity index (χ4n) is 1.82. The van der Waals surface area contributed by atoms with Crippen LogP contribution in [0.5, 0.6) is 0 Å². The van der Waals surface area contributed by atoms with Gasteiger partial charge in [-0.2, -0.15) is 0 Å². The molecule has 0 saturated carbocycles. The molecule has 0 spiro atoms. The van der Waals surface area contributed by atoms with Gasteiger partial charge in [0.25, 0.3) is 0 Å². The molecule has 0 amide bonds. The summed E-state index contributed by atoms with van der Waals surface area (Å²) in [4.78, 5) is 0. The van der Waals surface area contributed by atoms with E-state index >= 15 is 0 Å². The second-order valence-corrected chi connectivity index (χ2v) is 4.03. The molecule has 15 heavy (non-hydrogen) atoms. The summed E-state index contributed by atoms with van der Waals surface area (Å²) >= 11 is 0. The first-order valence-corrected chi connectivity index (χ1v) is 5.61. The van der Waals surface area contributed by atoms with Crippen LogP contribution in [-0.2, 0) is 0 Å². The van der Waals surface area contributed by atoms with Gasteiger partial charge in [0.2, 0.25) is 0 Å². The molecule has 2 nitrogen and oxygen atoms in total. The summed E-state index contributed by atoms with van der Waals surface area (Å²) in [5, 5.41) is 12.6. The third-order valence-corrected chi connectivity index (χ3v) is 2.85. The van der Waals surface area contributed by atoms with Crippen LogP contribution in [-0.4, -0.2) is 17.8 Å². The molecule has 0 bridgehead atoms. The van der Waals surface area contributed by atoms with Crippen LogP contribution in [0, 0.1) is 6.92 Å². The maximum atomic E-state index is 9.13. The minimum Gasteiger partial charge on any atom is -0.395 e. The first-order chi connectivity index (χ1) is 7.19. The minimum absolute atomic E-state index is 0.194. The molecule has 0 saturated heterocycles. The van der Waals surface area contributed by atoms with E-state index in [4.69, 9.17) is 5.11 Å². The number of benzene rings is 1. The average Bonchev–Trinajstić information content (AvgIpc) is 2.26. The van der Waals surface area contributed by atoms with Crippen LogP contribution in [0.15, 0.2) is 24.3 Å². The highest BCUT2D eigenvalue weighted by Crippen LogP contribution is 2.17. The first-order valence-electron chi connectivity index (χ1n) is 5.61. The highest BCUT2D eigenvalue weighted by Gasteiger charge is 2.11. The number of rotatable bonds is 5. The van der Waals surface area contributed by atoms with Gasteiger partial charge in [-0.1, -0.05) is 31.2 Å². The lowest BCUT2D eigenvalue weighted by atomic mass is 10.0. The number of aliphatic hydroxyl groups is 1. The van der Waals surface area contributed by atoms with Crippen LogP contribution in [0.2, 0.25) is 0 Å². The van der Waals surface area contributed by atoms with Crippen LogP contribution in [0.1, 0.15) is 37.4 Å². The third kappa shape index (κ3) is 3.33. The SMILES string of the molecule is CC[C@@H](CO)NC(C)c1ccccc1C. The molecule has 0 aliphatic rings. The zero-order chi connectivity index (χ0) is 11.3. The Labute approximate surface area is 92.3 Å². The number of hydrogen-bond donors (Lipinski definition) is 2. The highest BCUT2D eigenvalue weighted by molar-refractivity contribution is 5.28. The quantitative estimate of drug-likeness (QED) is 0.777. The number of aryl methyl sites for hydroxylation is 1. The van der Waals surface area contributed by atoms with Gasteiger partial charge in [-0.25, -0.2) is 0 Å². The average molecular weight is 207 g/mol. The molecule has 84 valence electrons. The minimum atomic E-state index is 0.194. The van der Waals surface area contributed by atoms with Crippen molar-refractivity contribution in [2.75, 3.05) is 6.61 Å². The van der Waals surface area contributed by atoms with Gasteiger partial charge in [0.15, 0.2) is 0 Å². The van der Waals surface area contributed by atoms with Gasteiger partial charge < -0.3 is 10.4 Å². The topological polar surface area (TPSA) is 32.3 Å². The van der Waals surface area contributed by atoms with Gasteiger partial charge >= 0.3 is 0 Å². The van der Waals surface area contributed by atoms with Gasteiger partial charge in [-0.3, -0.25) is 0 Å². The van der Waals surface area contributed by atoms with Crippen LogP contribution in [0.4, 0.5) is 0 Å². The Bertz CT molecular complexity index is 294. The summed E-state index contributed by atoms with van der Waals surface area (Å²) in [6.45, 7) is 6.54. The van der Waals surface area contributed by atoms with Crippen LogP contribution in [0.25, 0.3) is 0 Å². The smallest absolute Gasteiger partial charge is 0.0584 e. The molecular formula is C13H21NO. The Morgan fingerprint density at radius 3 is 2.53 bits per heavy atom. The van der Waals surface area contributed by atoms with Crippen molar-refractivity contribution < 1.29 is 5.11 Å². The Morgan fingerprint density at radius 2 is 2.00 bits per heavy atom. The Hall–Kier alpha value is -0.860. The molecule has 2 atom stereocenters. The van der Waals surface area contributed by atoms with Gasteiger partial charge in [0.1, 0.15) is 0 Å². The zero-order valence-electron chi connectivity index (χ0n) is 9.83. The summed E-state index contributed by atoms with van der Waals surface area (Å²) in [6.07, 6.45) is 0.951. The van der Waals surface area contributed by atoms with Crippen LogP contribution >= 0.6 is 0 Å². The molecule has 1 rings (SSSR count).